The Morgan fingerprint density at radius 3 is 1.33 bits per heavy atom. The Hall–Kier alpha value is 0. The fourth-order valence-corrected chi connectivity index (χ4v) is 2.80. The maximum absolute atomic E-state index is 2.45. The lowest BCUT2D eigenvalue weighted by Crippen LogP contribution is -2.14. The highest BCUT2D eigenvalue weighted by atomic mass is 14.7. The zero-order valence-corrected chi connectivity index (χ0v) is 12.9. The van der Waals surface area contributed by atoms with Crippen molar-refractivity contribution >= 4 is 0 Å². The minimum Gasteiger partial charge on any atom is -0.0683 e. The predicted molar refractivity (Wildman–Crippen MR) is 73.2 cm³/mol. The molecule has 0 bridgehead atoms. The molecule has 94 valence electrons. The van der Waals surface area contributed by atoms with Crippen molar-refractivity contribution in [1.82, 2.24) is 0 Å². The van der Waals surface area contributed by atoms with Crippen molar-refractivity contribution in [3.05, 3.63) is 0 Å². The lowest BCUT2D eigenvalue weighted by molar-refractivity contribution is 0.275. The molecule has 1 aliphatic carbocycles. The Balaban J connectivity index is 0. The van der Waals surface area contributed by atoms with Gasteiger partial charge in [0.25, 0.3) is 0 Å². The summed E-state index contributed by atoms with van der Waals surface area (Å²) in [7, 11) is 0. The average molecular weight is 214 g/mol. The molecule has 3 unspecified atom stereocenters. The van der Waals surface area contributed by atoms with E-state index < -0.39 is 0 Å². The van der Waals surface area contributed by atoms with Gasteiger partial charge in [-0.1, -0.05) is 75.7 Å². The van der Waals surface area contributed by atoms with Gasteiger partial charge < -0.3 is 0 Å². The fourth-order valence-electron chi connectivity index (χ4n) is 2.80. The van der Waals surface area contributed by atoms with Crippen LogP contribution in [0.2, 0.25) is 0 Å². The Morgan fingerprint density at radius 1 is 1.00 bits per heavy atom. The Labute approximate surface area is 98.9 Å². The summed E-state index contributed by atoms with van der Waals surface area (Å²) in [5.41, 5.74) is 1.20. The van der Waals surface area contributed by atoms with Crippen molar-refractivity contribution in [2.75, 3.05) is 0 Å². The molecule has 0 heterocycles. The van der Waals surface area contributed by atoms with E-state index in [1.54, 1.807) is 0 Å². The molecule has 0 nitrogen and oxygen atoms in total. The van der Waals surface area contributed by atoms with Crippen LogP contribution in [0.1, 0.15) is 75.7 Å². The van der Waals surface area contributed by atoms with Gasteiger partial charge in [0.15, 0.2) is 0 Å². The molecule has 0 aromatic carbocycles. The monoisotopic (exact) mass is 214 g/mol. The second-order valence-electron chi connectivity index (χ2n) is 5.04. The third kappa shape index (κ3) is 2.77. The van der Waals surface area contributed by atoms with Crippen molar-refractivity contribution in [2.24, 2.45) is 22.7 Å². The van der Waals surface area contributed by atoms with Gasteiger partial charge in [-0.3, -0.25) is 0 Å². The van der Waals surface area contributed by atoms with Gasteiger partial charge in [0, 0.05) is 0 Å². The summed E-state index contributed by atoms with van der Waals surface area (Å²) < 4.78 is 0. The topological polar surface area (TPSA) is 0 Å². The minimum atomic E-state index is 0.586. The van der Waals surface area contributed by atoms with Gasteiger partial charge in [0.1, 0.15) is 0 Å². The van der Waals surface area contributed by atoms with Crippen molar-refractivity contribution in [3.8, 4) is 0 Å². The van der Waals surface area contributed by atoms with Gasteiger partial charge in [-0.15, -0.1) is 0 Å². The predicted octanol–water partition coefficient (Wildman–Crippen LogP) is 5.77. The molecular weight excluding hydrogens is 180 g/mol. The minimum absolute atomic E-state index is 0.586. The molecule has 1 saturated carbocycles. The molecule has 3 atom stereocenters. The van der Waals surface area contributed by atoms with Crippen LogP contribution in [0.25, 0.3) is 0 Å². The van der Waals surface area contributed by atoms with Crippen LogP contribution in [0, 0.1) is 22.7 Å². The highest BCUT2D eigenvalue weighted by Gasteiger charge is 2.66. The van der Waals surface area contributed by atoms with Crippen LogP contribution in [0.15, 0.2) is 0 Å². The molecule has 1 fully saturated rings. The van der Waals surface area contributed by atoms with Crippen LogP contribution in [-0.4, -0.2) is 0 Å². The second-order valence-corrected chi connectivity index (χ2v) is 5.04. The first-order valence-electron chi connectivity index (χ1n) is 6.89. The van der Waals surface area contributed by atoms with Crippen molar-refractivity contribution in [3.63, 3.8) is 0 Å². The summed E-state index contributed by atoms with van der Waals surface area (Å²) in [6.45, 7) is 22.4. The van der Waals surface area contributed by atoms with E-state index in [-0.39, 0.29) is 0 Å². The first-order valence-corrected chi connectivity index (χ1v) is 6.89. The van der Waals surface area contributed by atoms with Gasteiger partial charge in [-0.25, -0.2) is 0 Å². The highest BCUT2D eigenvalue weighted by Crippen LogP contribution is 2.72. The molecule has 1 aliphatic rings. The molecule has 15 heavy (non-hydrogen) atoms. The first-order chi connectivity index (χ1) is 6.89. The van der Waals surface area contributed by atoms with E-state index in [9.17, 15) is 0 Å². The number of hydrogen-bond acceptors (Lipinski definition) is 0. The van der Waals surface area contributed by atoms with E-state index in [2.05, 4.69) is 41.5 Å². The van der Waals surface area contributed by atoms with Crippen molar-refractivity contribution in [2.45, 2.75) is 75.7 Å². The number of rotatable bonds is 2. The van der Waals surface area contributed by atoms with E-state index in [1.807, 2.05) is 27.7 Å². The molecule has 0 aliphatic heterocycles. The number of hydrogen-bond donors (Lipinski definition) is 0. The van der Waals surface area contributed by atoms with Gasteiger partial charge in [-0.2, -0.15) is 0 Å². The third-order valence-corrected chi connectivity index (χ3v) is 4.92. The van der Waals surface area contributed by atoms with Gasteiger partial charge >= 0.3 is 0 Å². The smallest absolute Gasteiger partial charge is 0.0215 e. The summed E-state index contributed by atoms with van der Waals surface area (Å²) in [5, 5.41) is 0. The molecule has 0 spiro atoms. The molecular formula is C15H34. The van der Waals surface area contributed by atoms with Crippen LogP contribution in [0.3, 0.4) is 0 Å². The van der Waals surface area contributed by atoms with E-state index in [0.717, 1.165) is 11.8 Å². The van der Waals surface area contributed by atoms with E-state index in [4.69, 9.17) is 0 Å². The summed E-state index contributed by atoms with van der Waals surface area (Å²) in [6.07, 6.45) is 1.32. The van der Waals surface area contributed by atoms with Crippen LogP contribution in [-0.2, 0) is 0 Å². The maximum Gasteiger partial charge on any atom is -0.0215 e. The molecule has 0 heteroatoms. The highest BCUT2D eigenvalue weighted by molar-refractivity contribution is 5.14. The Morgan fingerprint density at radius 2 is 1.27 bits per heavy atom. The summed E-state index contributed by atoms with van der Waals surface area (Å²) in [6, 6.07) is 0. The fraction of sp³-hybridized carbons (Fsp3) is 1.00. The van der Waals surface area contributed by atoms with E-state index in [1.165, 1.54) is 6.42 Å². The van der Waals surface area contributed by atoms with Crippen LogP contribution in [0.4, 0.5) is 0 Å². The summed E-state index contributed by atoms with van der Waals surface area (Å²) in [4.78, 5) is 0. The molecule has 1 rings (SSSR count). The average Bonchev–Trinajstić information content (AvgIpc) is 2.68. The largest absolute Gasteiger partial charge is 0.0683 e. The third-order valence-electron chi connectivity index (χ3n) is 4.92. The first kappa shape index (κ1) is 17.4. The molecule has 0 N–H and O–H groups in total. The van der Waals surface area contributed by atoms with Gasteiger partial charge in [0.2, 0.25) is 0 Å². The van der Waals surface area contributed by atoms with Crippen molar-refractivity contribution in [1.29, 1.82) is 0 Å². The lowest BCUT2D eigenvalue weighted by atomic mass is 9.83. The molecule has 0 saturated heterocycles. The quantitative estimate of drug-likeness (QED) is 0.547. The SMILES string of the molecule is CC.CC.CCC(C)C1(C)C(C)C1(C)C. The summed E-state index contributed by atoms with van der Waals surface area (Å²) in [5.74, 6) is 1.79. The van der Waals surface area contributed by atoms with Gasteiger partial charge in [-0.05, 0) is 22.7 Å². The van der Waals surface area contributed by atoms with Crippen molar-refractivity contribution < 1.29 is 0 Å². The molecule has 0 amide bonds. The standard InChI is InChI=1S/C11H22.2C2H6/c1-7-8(2)11(6)9(3)10(11,4)5;2*1-2/h8-9H,7H2,1-6H3;2*1-2H3. The molecule has 0 aromatic heterocycles. The van der Waals surface area contributed by atoms with E-state index in [0.29, 0.717) is 10.8 Å². The summed E-state index contributed by atoms with van der Waals surface area (Å²) >= 11 is 0. The zero-order valence-electron chi connectivity index (χ0n) is 12.9. The molecule has 0 radical (unpaired) electrons. The zero-order chi connectivity index (χ0) is 12.9. The second kappa shape index (κ2) is 6.55. The molecule has 0 aromatic rings. The normalized spacial score (nSPS) is 32.8. The van der Waals surface area contributed by atoms with Crippen LogP contribution < -0.4 is 0 Å². The van der Waals surface area contributed by atoms with E-state index >= 15 is 0 Å². The Kier molecular flexibility index (Phi) is 7.60. The maximum atomic E-state index is 2.45. The van der Waals surface area contributed by atoms with Gasteiger partial charge in [0.05, 0.1) is 0 Å². The lowest BCUT2D eigenvalue weighted by Gasteiger charge is -2.21. The Bertz CT molecular complexity index is 157. The van der Waals surface area contributed by atoms with Crippen LogP contribution >= 0.6 is 0 Å². The van der Waals surface area contributed by atoms with Crippen LogP contribution in [0.5, 0.6) is 0 Å².